The minimum atomic E-state index is 0.565. The molecular weight excluding hydrogens is 220 g/mol. The second kappa shape index (κ2) is 4.75. The van der Waals surface area contributed by atoms with E-state index in [1.807, 2.05) is 18.2 Å². The molecule has 2 rings (SSSR count). The Morgan fingerprint density at radius 1 is 1.50 bits per heavy atom. The van der Waals surface area contributed by atoms with Crippen molar-refractivity contribution < 1.29 is 4.74 Å². The van der Waals surface area contributed by atoms with E-state index >= 15 is 0 Å². The first-order valence-corrected chi connectivity index (χ1v) is 5.57. The Balaban J connectivity index is 2.75. The number of nitrogens with zero attached hydrogens (tertiary/aromatic N) is 1. The summed E-state index contributed by atoms with van der Waals surface area (Å²) in [6.07, 6.45) is 2.51. The Morgan fingerprint density at radius 2 is 2.31 bits per heavy atom. The Hall–Kier alpha value is -1.22. The highest BCUT2D eigenvalue weighted by Crippen LogP contribution is 2.24. The number of aromatic nitrogens is 1. The highest BCUT2D eigenvalue weighted by atomic mass is 35.5. The Kier molecular flexibility index (Phi) is 3.35. The topological polar surface area (TPSA) is 22.1 Å². The molecule has 0 aliphatic rings. The summed E-state index contributed by atoms with van der Waals surface area (Å²) >= 11 is 5.77. The summed E-state index contributed by atoms with van der Waals surface area (Å²) < 4.78 is 5.27. The van der Waals surface area contributed by atoms with Gasteiger partial charge in [0.2, 0.25) is 0 Å². The monoisotopic (exact) mass is 231 g/mol. The van der Waals surface area contributed by atoms with Crippen LogP contribution in [0.3, 0.4) is 0 Å². The van der Waals surface area contributed by atoms with E-state index in [-0.39, 0.29) is 0 Å². The lowest BCUT2D eigenvalue weighted by Gasteiger charge is -2.12. The number of hydrogen-bond donors (Lipinski definition) is 0. The number of benzene rings is 1. The molecule has 0 unspecified atom stereocenters. The van der Waals surface area contributed by atoms with Gasteiger partial charge < -0.3 is 4.74 Å². The zero-order chi connectivity index (χ0) is 11.5. The van der Waals surface area contributed by atoms with Gasteiger partial charge in [0, 0.05) is 17.5 Å². The molecule has 0 aliphatic heterocycles. The van der Waals surface area contributed by atoms with Gasteiger partial charge in [0.15, 0.2) is 0 Å². The zero-order valence-electron chi connectivity index (χ0n) is 9.03. The summed E-state index contributed by atoms with van der Waals surface area (Å²) in [5, 5.41) is 1.05. The van der Waals surface area contributed by atoms with Gasteiger partial charge in [-0.25, -0.2) is 0 Å². The van der Waals surface area contributed by atoms with Crippen LogP contribution in [0.25, 0.3) is 10.9 Å². The SMILES string of the molecule is [B]c1cc(CCCl)c2cccnc2c1OC. The molecule has 0 atom stereocenters. The number of halogens is 1. The zero-order valence-corrected chi connectivity index (χ0v) is 9.79. The van der Waals surface area contributed by atoms with E-state index in [9.17, 15) is 0 Å². The van der Waals surface area contributed by atoms with Crippen molar-refractivity contribution in [3.63, 3.8) is 0 Å². The van der Waals surface area contributed by atoms with Gasteiger partial charge in [-0.05, 0) is 18.1 Å². The van der Waals surface area contributed by atoms with Gasteiger partial charge >= 0.3 is 0 Å². The quantitative estimate of drug-likeness (QED) is 0.594. The second-order valence-corrected chi connectivity index (χ2v) is 3.87. The number of ether oxygens (including phenoxy) is 1. The standard InChI is InChI=1S/C12H11BClNO/c1-16-12-10(13)7-8(4-5-14)9-3-2-6-15-11(9)12/h2-3,6-7H,4-5H2,1H3. The van der Waals surface area contributed by atoms with E-state index in [2.05, 4.69) is 4.98 Å². The maximum Gasteiger partial charge on any atom is 0.138 e. The Bertz CT molecular complexity index is 516. The van der Waals surface area contributed by atoms with E-state index < -0.39 is 0 Å². The number of alkyl halides is 1. The van der Waals surface area contributed by atoms with Crippen LogP contribution in [0.2, 0.25) is 0 Å². The number of aryl methyl sites for hydroxylation is 1. The molecule has 0 saturated carbocycles. The highest BCUT2D eigenvalue weighted by Gasteiger charge is 2.09. The molecule has 4 heteroatoms. The number of hydrogen-bond acceptors (Lipinski definition) is 2. The van der Waals surface area contributed by atoms with Crippen LogP contribution in [0.5, 0.6) is 5.75 Å². The summed E-state index contributed by atoms with van der Waals surface area (Å²) in [6.45, 7) is 0. The van der Waals surface area contributed by atoms with Crippen molar-refractivity contribution in [3.8, 4) is 5.75 Å². The fraction of sp³-hybridized carbons (Fsp3) is 0.250. The molecule has 0 spiro atoms. The number of rotatable bonds is 3. The summed E-state index contributed by atoms with van der Waals surface area (Å²) in [7, 11) is 7.52. The average molecular weight is 231 g/mol. The normalized spacial score (nSPS) is 10.6. The van der Waals surface area contributed by atoms with Gasteiger partial charge in [-0.3, -0.25) is 4.98 Å². The van der Waals surface area contributed by atoms with Crippen LogP contribution in [-0.2, 0) is 6.42 Å². The third-order valence-electron chi connectivity index (χ3n) is 2.53. The summed E-state index contributed by atoms with van der Waals surface area (Å²) in [4.78, 5) is 4.31. The van der Waals surface area contributed by atoms with E-state index in [0.717, 1.165) is 22.9 Å². The maximum absolute atomic E-state index is 5.92. The Labute approximate surface area is 101 Å². The molecule has 0 amide bonds. The molecule has 0 aliphatic carbocycles. The summed E-state index contributed by atoms with van der Waals surface area (Å²) in [5.74, 6) is 1.20. The van der Waals surface area contributed by atoms with E-state index in [1.165, 1.54) is 0 Å². The predicted molar refractivity (Wildman–Crippen MR) is 68.1 cm³/mol. The minimum absolute atomic E-state index is 0.565. The van der Waals surface area contributed by atoms with Gasteiger partial charge in [-0.15, -0.1) is 11.6 Å². The molecule has 0 saturated heterocycles. The second-order valence-electron chi connectivity index (χ2n) is 3.50. The highest BCUT2D eigenvalue weighted by molar-refractivity contribution is 6.36. The number of pyridine rings is 1. The van der Waals surface area contributed by atoms with Crippen LogP contribution in [0, 0.1) is 0 Å². The van der Waals surface area contributed by atoms with Gasteiger partial charge in [-0.1, -0.05) is 17.6 Å². The first-order valence-electron chi connectivity index (χ1n) is 5.04. The van der Waals surface area contributed by atoms with Crippen molar-refractivity contribution >= 4 is 35.8 Å². The molecule has 0 bridgehead atoms. The smallest absolute Gasteiger partial charge is 0.138 e. The first-order chi connectivity index (χ1) is 7.77. The molecule has 0 fully saturated rings. The molecule has 1 aromatic heterocycles. The number of methoxy groups -OCH3 is 1. The molecule has 2 radical (unpaired) electrons. The first kappa shape index (κ1) is 11.3. The van der Waals surface area contributed by atoms with Crippen LogP contribution < -0.4 is 10.2 Å². The van der Waals surface area contributed by atoms with Gasteiger partial charge in [0.1, 0.15) is 19.1 Å². The van der Waals surface area contributed by atoms with Crippen LogP contribution in [0.4, 0.5) is 0 Å². The lowest BCUT2D eigenvalue weighted by atomic mass is 9.90. The van der Waals surface area contributed by atoms with E-state index in [4.69, 9.17) is 24.2 Å². The van der Waals surface area contributed by atoms with Gasteiger partial charge in [-0.2, -0.15) is 0 Å². The van der Waals surface area contributed by atoms with Crippen molar-refractivity contribution in [1.29, 1.82) is 0 Å². The van der Waals surface area contributed by atoms with Crippen molar-refractivity contribution in [2.75, 3.05) is 13.0 Å². The number of fused-ring (bicyclic) bond motifs is 1. The average Bonchev–Trinajstić information content (AvgIpc) is 2.30. The van der Waals surface area contributed by atoms with Crippen molar-refractivity contribution in [2.24, 2.45) is 0 Å². The molecule has 0 N–H and O–H groups in total. The maximum atomic E-state index is 5.92. The summed E-state index contributed by atoms with van der Waals surface area (Å²) in [6, 6.07) is 5.81. The molecule has 16 heavy (non-hydrogen) atoms. The molecule has 2 aromatic rings. The van der Waals surface area contributed by atoms with Crippen LogP contribution in [-0.4, -0.2) is 25.8 Å². The van der Waals surface area contributed by atoms with Gasteiger partial charge in [0.25, 0.3) is 0 Å². The third-order valence-corrected chi connectivity index (χ3v) is 2.72. The fourth-order valence-corrected chi connectivity index (χ4v) is 2.04. The lowest BCUT2D eigenvalue weighted by molar-refractivity contribution is 0.422. The van der Waals surface area contributed by atoms with Crippen LogP contribution in [0.1, 0.15) is 5.56 Å². The van der Waals surface area contributed by atoms with Gasteiger partial charge in [0.05, 0.1) is 7.11 Å². The Morgan fingerprint density at radius 3 is 3.00 bits per heavy atom. The van der Waals surface area contributed by atoms with E-state index in [1.54, 1.807) is 13.3 Å². The molecule has 2 nitrogen and oxygen atoms in total. The fourth-order valence-electron chi connectivity index (χ4n) is 1.84. The van der Waals surface area contributed by atoms with Crippen LogP contribution >= 0.6 is 11.6 Å². The largest absolute Gasteiger partial charge is 0.495 e. The van der Waals surface area contributed by atoms with Crippen LogP contribution in [0.15, 0.2) is 24.4 Å². The third kappa shape index (κ3) is 1.87. The summed E-state index contributed by atoms with van der Waals surface area (Å²) in [5.41, 5.74) is 2.51. The molecule has 1 aromatic carbocycles. The lowest BCUT2D eigenvalue weighted by Crippen LogP contribution is -2.10. The van der Waals surface area contributed by atoms with Crippen molar-refractivity contribution in [3.05, 3.63) is 30.0 Å². The van der Waals surface area contributed by atoms with E-state index in [0.29, 0.717) is 17.1 Å². The van der Waals surface area contributed by atoms with Crippen molar-refractivity contribution in [1.82, 2.24) is 4.98 Å². The van der Waals surface area contributed by atoms with Crippen molar-refractivity contribution in [2.45, 2.75) is 6.42 Å². The minimum Gasteiger partial charge on any atom is -0.495 e. The molecular formula is C12H11BClNO. The predicted octanol–water partition coefficient (Wildman–Crippen LogP) is 1.82. The molecule has 80 valence electrons. The molecule has 1 heterocycles.